The molecule has 3 nitrogen and oxygen atoms in total. The fourth-order valence-electron chi connectivity index (χ4n) is 5.89. The van der Waals surface area contributed by atoms with Crippen LogP contribution in [0.4, 0.5) is 0 Å². The molecule has 0 aliphatic heterocycles. The van der Waals surface area contributed by atoms with Crippen LogP contribution in [0.2, 0.25) is 0 Å². The first kappa shape index (κ1) is 33.7. The Morgan fingerprint density at radius 3 is 1.78 bits per heavy atom. The van der Waals surface area contributed by atoms with Gasteiger partial charge in [-0.3, -0.25) is 4.79 Å². The van der Waals surface area contributed by atoms with E-state index in [1.165, 1.54) is 72.5 Å². The van der Waals surface area contributed by atoms with E-state index >= 15 is 0 Å². The lowest BCUT2D eigenvalue weighted by Crippen LogP contribution is -2.16. The van der Waals surface area contributed by atoms with Gasteiger partial charge in [-0.1, -0.05) is 105 Å². The van der Waals surface area contributed by atoms with Gasteiger partial charge in [-0.2, -0.15) is 0 Å². The van der Waals surface area contributed by atoms with Gasteiger partial charge >= 0.3 is 0 Å². The van der Waals surface area contributed by atoms with Crippen LogP contribution >= 0.6 is 0 Å². The maximum absolute atomic E-state index is 10.5. The van der Waals surface area contributed by atoms with E-state index in [1.807, 2.05) is 13.8 Å². The van der Waals surface area contributed by atoms with Gasteiger partial charge in [0.25, 0.3) is 6.47 Å². The predicted octanol–water partition coefficient (Wildman–Crippen LogP) is 9.87. The van der Waals surface area contributed by atoms with Crippen molar-refractivity contribution in [2.45, 2.75) is 66.2 Å². The summed E-state index contributed by atoms with van der Waals surface area (Å²) in [6.07, 6.45) is 5.94. The van der Waals surface area contributed by atoms with Crippen LogP contribution < -0.4 is 0 Å². The highest BCUT2D eigenvalue weighted by Gasteiger charge is 2.12. The normalized spacial score (nSPS) is 11.6. The van der Waals surface area contributed by atoms with E-state index in [4.69, 9.17) is 4.74 Å². The molecule has 45 heavy (non-hydrogen) atoms. The standard InChI is InChI=1S/C38H40O3.C4H8/c1-3-5-27-7-12-35-22-37(16-14-33(35)19-27)38-17-15-34-20-28(8-13-36(34)23-38)6-10-32-11-9-29(21-31(32)4-2)18-30(24-39)25-41-26-40;1-4(2)3/h7-9,11-17,19-23,26,30,39H,3-6,10,18,24-25H2,1-2H3;1H2,2-3H3. The zero-order valence-electron chi connectivity index (χ0n) is 27.4. The van der Waals surface area contributed by atoms with Gasteiger partial charge in [-0.15, -0.1) is 6.58 Å². The largest absolute Gasteiger partial charge is 0.468 e. The van der Waals surface area contributed by atoms with Crippen molar-refractivity contribution < 1.29 is 14.6 Å². The molecule has 0 saturated heterocycles. The van der Waals surface area contributed by atoms with Crippen molar-refractivity contribution in [2.75, 3.05) is 13.2 Å². The number of carbonyl (C=O) groups is 1. The molecule has 1 atom stereocenters. The lowest BCUT2D eigenvalue weighted by molar-refractivity contribution is -0.130. The number of carbonyl (C=O) groups excluding carboxylic acids is 1. The van der Waals surface area contributed by atoms with Crippen molar-refractivity contribution >= 4 is 28.0 Å². The van der Waals surface area contributed by atoms with E-state index in [2.05, 4.69) is 111 Å². The smallest absolute Gasteiger partial charge is 0.293 e. The summed E-state index contributed by atoms with van der Waals surface area (Å²) in [7, 11) is 0. The summed E-state index contributed by atoms with van der Waals surface area (Å²) in [6.45, 7) is 12.6. The van der Waals surface area contributed by atoms with E-state index in [-0.39, 0.29) is 19.1 Å². The molecule has 1 N–H and O–H groups in total. The summed E-state index contributed by atoms with van der Waals surface area (Å²) in [5.74, 6) is -0.0751. The molecular weight excluding hydrogens is 552 g/mol. The highest BCUT2D eigenvalue weighted by Crippen LogP contribution is 2.29. The van der Waals surface area contributed by atoms with Crippen molar-refractivity contribution in [3.05, 3.63) is 131 Å². The van der Waals surface area contributed by atoms with E-state index in [0.717, 1.165) is 25.7 Å². The lowest BCUT2D eigenvalue weighted by atomic mass is 9.92. The fourth-order valence-corrected chi connectivity index (χ4v) is 5.89. The molecule has 0 amide bonds. The number of fused-ring (bicyclic) bond motifs is 2. The van der Waals surface area contributed by atoms with Crippen molar-refractivity contribution in [3.63, 3.8) is 0 Å². The monoisotopic (exact) mass is 600 g/mol. The van der Waals surface area contributed by atoms with Crippen LogP contribution in [0.5, 0.6) is 0 Å². The molecule has 0 fully saturated rings. The fraction of sp³-hybridized carbons (Fsp3) is 0.310. The van der Waals surface area contributed by atoms with Crippen LogP contribution in [0.25, 0.3) is 32.7 Å². The quantitative estimate of drug-likeness (QED) is 0.108. The first-order valence-electron chi connectivity index (χ1n) is 16.3. The van der Waals surface area contributed by atoms with Crippen LogP contribution in [0, 0.1) is 5.92 Å². The van der Waals surface area contributed by atoms with Gasteiger partial charge in [0.2, 0.25) is 0 Å². The number of aliphatic hydroxyl groups is 1. The Bertz CT molecular complexity index is 1730. The molecule has 234 valence electrons. The Kier molecular flexibility index (Phi) is 12.5. The van der Waals surface area contributed by atoms with Gasteiger partial charge in [0.05, 0.1) is 6.61 Å². The SMILES string of the molecule is C=C(C)C.CCCc1ccc2cc(-c3ccc4cc(CCc5ccc(CC(CO)COC=O)cc5CC)ccc4c3)ccc2c1. The second kappa shape index (κ2) is 16.7. The Hall–Kier alpha value is -4.21. The zero-order chi connectivity index (χ0) is 32.2. The van der Waals surface area contributed by atoms with Gasteiger partial charge in [-0.05, 0) is 119 Å². The molecule has 0 radical (unpaired) electrons. The minimum Gasteiger partial charge on any atom is -0.468 e. The Morgan fingerprint density at radius 1 is 0.711 bits per heavy atom. The molecule has 0 saturated carbocycles. The number of aliphatic hydroxyl groups excluding tert-OH is 1. The number of rotatable bonds is 13. The Labute approximate surface area is 269 Å². The highest BCUT2D eigenvalue weighted by atomic mass is 16.5. The first-order valence-corrected chi connectivity index (χ1v) is 16.3. The molecule has 0 bridgehead atoms. The third-order valence-electron chi connectivity index (χ3n) is 8.20. The van der Waals surface area contributed by atoms with E-state index in [0.29, 0.717) is 12.9 Å². The summed E-state index contributed by atoms with van der Waals surface area (Å²) in [5, 5.41) is 14.8. The zero-order valence-corrected chi connectivity index (χ0v) is 27.4. The van der Waals surface area contributed by atoms with Gasteiger partial charge in [0, 0.05) is 12.5 Å². The molecule has 3 heteroatoms. The number of hydrogen-bond acceptors (Lipinski definition) is 3. The first-order chi connectivity index (χ1) is 21.8. The van der Waals surface area contributed by atoms with Crippen LogP contribution in [0.3, 0.4) is 0 Å². The third-order valence-corrected chi connectivity index (χ3v) is 8.20. The molecule has 0 heterocycles. The van der Waals surface area contributed by atoms with Gasteiger partial charge < -0.3 is 9.84 Å². The minimum atomic E-state index is -0.0751. The molecule has 0 aliphatic rings. The summed E-state index contributed by atoms with van der Waals surface area (Å²) < 4.78 is 4.87. The van der Waals surface area contributed by atoms with Gasteiger partial charge in [0.15, 0.2) is 0 Å². The summed E-state index contributed by atoms with van der Waals surface area (Å²) in [5.41, 5.74) is 10.3. The molecular formula is C42H48O3. The van der Waals surface area contributed by atoms with E-state index in [9.17, 15) is 9.90 Å². The number of ether oxygens (including phenoxy) is 1. The Morgan fingerprint density at radius 2 is 1.24 bits per heavy atom. The number of benzene rings is 5. The summed E-state index contributed by atoms with van der Waals surface area (Å²) in [4.78, 5) is 10.5. The van der Waals surface area contributed by atoms with E-state index in [1.54, 1.807) is 0 Å². The minimum absolute atomic E-state index is 0.00263. The number of aryl methyl sites for hydroxylation is 4. The average molecular weight is 601 g/mol. The number of hydrogen-bond donors (Lipinski definition) is 1. The maximum atomic E-state index is 10.5. The van der Waals surface area contributed by atoms with Crippen LogP contribution in [0.1, 0.15) is 61.9 Å². The van der Waals surface area contributed by atoms with Gasteiger partial charge in [-0.25, -0.2) is 0 Å². The molecule has 0 aromatic heterocycles. The van der Waals surface area contributed by atoms with Gasteiger partial charge in [0.1, 0.15) is 0 Å². The molecule has 5 aromatic rings. The summed E-state index contributed by atoms with van der Waals surface area (Å²) >= 11 is 0. The molecule has 5 aromatic carbocycles. The van der Waals surface area contributed by atoms with Crippen molar-refractivity contribution in [2.24, 2.45) is 5.92 Å². The molecule has 1 unspecified atom stereocenters. The van der Waals surface area contributed by atoms with E-state index < -0.39 is 0 Å². The average Bonchev–Trinajstić information content (AvgIpc) is 3.05. The van der Waals surface area contributed by atoms with Crippen molar-refractivity contribution in [1.29, 1.82) is 0 Å². The van der Waals surface area contributed by atoms with Crippen LogP contribution in [-0.4, -0.2) is 24.8 Å². The third kappa shape index (κ3) is 9.64. The maximum Gasteiger partial charge on any atom is 0.293 e. The Balaban J connectivity index is 0.00000109. The molecule has 0 aliphatic carbocycles. The molecule has 5 rings (SSSR count). The highest BCUT2D eigenvalue weighted by molar-refractivity contribution is 5.91. The predicted molar refractivity (Wildman–Crippen MR) is 191 cm³/mol. The second-order valence-electron chi connectivity index (χ2n) is 12.4. The second-order valence-corrected chi connectivity index (χ2v) is 12.4. The number of allylic oxidation sites excluding steroid dienone is 1. The van der Waals surface area contributed by atoms with Crippen molar-refractivity contribution in [3.8, 4) is 11.1 Å². The summed E-state index contributed by atoms with van der Waals surface area (Å²) in [6, 6.07) is 33.9. The lowest BCUT2D eigenvalue weighted by Gasteiger charge is -2.15. The van der Waals surface area contributed by atoms with Crippen LogP contribution in [0.15, 0.2) is 103 Å². The molecule has 0 spiro atoms. The van der Waals surface area contributed by atoms with Crippen molar-refractivity contribution in [1.82, 2.24) is 0 Å². The van der Waals surface area contributed by atoms with Crippen LogP contribution in [-0.2, 0) is 41.6 Å². The topological polar surface area (TPSA) is 46.5 Å².